The molecule has 10 nitrogen and oxygen atoms in total. The Bertz CT molecular complexity index is 1340. The minimum Gasteiger partial charge on any atom is -0.456 e. The zero-order valence-corrected chi connectivity index (χ0v) is 24.8. The van der Waals surface area contributed by atoms with Crippen LogP contribution in [0.15, 0.2) is 54.7 Å². The lowest BCUT2D eigenvalue weighted by Crippen LogP contribution is -2.37. The van der Waals surface area contributed by atoms with Crippen LogP contribution in [0.25, 0.3) is 0 Å². The summed E-state index contributed by atoms with van der Waals surface area (Å²) in [5.41, 5.74) is 2.57. The summed E-state index contributed by atoms with van der Waals surface area (Å²) in [6.45, 7) is 10.2. The van der Waals surface area contributed by atoms with E-state index in [0.717, 1.165) is 51.3 Å². The van der Waals surface area contributed by atoms with Crippen molar-refractivity contribution in [2.24, 2.45) is 0 Å². The van der Waals surface area contributed by atoms with E-state index in [9.17, 15) is 9.59 Å². The quantitative estimate of drug-likeness (QED) is 0.346. The van der Waals surface area contributed by atoms with Crippen LogP contribution in [0.5, 0.6) is 5.75 Å². The molecule has 3 heterocycles. The molecule has 42 heavy (non-hydrogen) atoms. The van der Waals surface area contributed by atoms with Crippen LogP contribution in [-0.2, 0) is 17.8 Å². The normalized spacial score (nSPS) is 18.4. The molecule has 0 aliphatic carbocycles. The number of hydrogen-bond acceptors (Lipinski definition) is 8. The number of hydrogen-bond donors (Lipinski definition) is 2. The Morgan fingerprint density at radius 3 is 2.55 bits per heavy atom. The fourth-order valence-electron chi connectivity index (χ4n) is 5.57. The maximum atomic E-state index is 12.6. The third kappa shape index (κ3) is 8.62. The minimum absolute atomic E-state index is 0.404. The van der Waals surface area contributed by atoms with Gasteiger partial charge in [-0.25, -0.2) is 9.59 Å². The highest BCUT2D eigenvalue weighted by Gasteiger charge is 2.23. The first-order valence-corrected chi connectivity index (χ1v) is 15.0. The number of likely N-dealkylation sites (tertiary alicyclic amines) is 1. The van der Waals surface area contributed by atoms with Crippen molar-refractivity contribution in [3.05, 3.63) is 71.5 Å². The van der Waals surface area contributed by atoms with Gasteiger partial charge in [0.25, 0.3) is 0 Å². The molecule has 2 saturated heterocycles. The zero-order valence-electron chi connectivity index (χ0n) is 24.8. The Labute approximate surface area is 247 Å². The summed E-state index contributed by atoms with van der Waals surface area (Å²) >= 11 is 0. The van der Waals surface area contributed by atoms with E-state index in [1.54, 1.807) is 30.3 Å². The largest absolute Gasteiger partial charge is 0.456 e. The summed E-state index contributed by atoms with van der Waals surface area (Å²) in [6.07, 6.45) is 7.30. The van der Waals surface area contributed by atoms with Gasteiger partial charge in [-0.3, -0.25) is 14.9 Å². The number of nitrogens with one attached hydrogen (secondary N) is 2. The first-order chi connectivity index (χ1) is 20.2. The van der Waals surface area contributed by atoms with Crippen molar-refractivity contribution in [2.45, 2.75) is 83.5 Å². The molecule has 2 aliphatic rings. The van der Waals surface area contributed by atoms with Crippen molar-refractivity contribution in [1.82, 2.24) is 25.2 Å². The Hall–Kier alpha value is -3.76. The summed E-state index contributed by atoms with van der Waals surface area (Å²) in [4.78, 5) is 27.2. The highest BCUT2D eigenvalue weighted by Crippen LogP contribution is 2.30. The average molecular weight is 575 g/mol. The van der Waals surface area contributed by atoms with Gasteiger partial charge in [0, 0.05) is 24.5 Å². The molecule has 1 amide bonds. The Morgan fingerprint density at radius 1 is 1.05 bits per heavy atom. The van der Waals surface area contributed by atoms with E-state index in [-0.39, 0.29) is 0 Å². The molecule has 224 valence electrons. The van der Waals surface area contributed by atoms with E-state index in [1.165, 1.54) is 24.8 Å². The monoisotopic (exact) mass is 574 g/mol. The number of aromatic nitrogens is 3. The number of piperidine rings is 2. The van der Waals surface area contributed by atoms with E-state index in [1.807, 2.05) is 37.6 Å². The third-order valence-corrected chi connectivity index (χ3v) is 7.69. The van der Waals surface area contributed by atoms with Gasteiger partial charge in [0.2, 0.25) is 0 Å². The van der Waals surface area contributed by atoms with Gasteiger partial charge < -0.3 is 14.8 Å². The smallest absolute Gasteiger partial charge is 0.417 e. The summed E-state index contributed by atoms with van der Waals surface area (Å²) in [5.74, 6) is 0.498. The number of ether oxygens (including phenoxy) is 2. The topological polar surface area (TPSA) is 111 Å². The molecule has 10 heteroatoms. The van der Waals surface area contributed by atoms with E-state index < -0.39 is 17.7 Å². The van der Waals surface area contributed by atoms with Crippen LogP contribution >= 0.6 is 0 Å². The molecule has 1 atom stereocenters. The van der Waals surface area contributed by atoms with Gasteiger partial charge in [0.1, 0.15) is 11.4 Å². The van der Waals surface area contributed by atoms with Crippen molar-refractivity contribution >= 4 is 17.7 Å². The number of carbonyl (C=O) groups is 2. The number of benzene rings is 2. The van der Waals surface area contributed by atoms with Crippen LogP contribution in [0.1, 0.15) is 80.4 Å². The molecule has 2 aliphatic heterocycles. The Morgan fingerprint density at radius 2 is 1.83 bits per heavy atom. The zero-order chi connectivity index (χ0) is 29.5. The fraction of sp³-hybridized carbons (Fsp3) is 0.500. The maximum absolute atomic E-state index is 12.6. The van der Waals surface area contributed by atoms with Gasteiger partial charge in [0.05, 0.1) is 17.8 Å². The lowest BCUT2D eigenvalue weighted by molar-refractivity contribution is 0.00695. The molecule has 0 saturated carbocycles. The number of carbonyl (C=O) groups excluding carboxylic acids is 2. The summed E-state index contributed by atoms with van der Waals surface area (Å²) < 4.78 is 12.9. The molecular formula is C32H42N6O4. The third-order valence-electron chi connectivity index (χ3n) is 7.69. The minimum atomic E-state index is -0.584. The standard InChI is InChI=1S/C32H42N6O4/c1-32(2,3)42-30(39)24-10-12-26(13-11-24)34-31(40)41-29-9-6-7-25(19-29)23-14-17-37(18-15-23)20-28-22-38(36-35-28)21-27-8-4-5-16-33-27/h6-7,9-13,19,22-23,27,33H,4-5,8,14-18,20-21H2,1-3H3,(H,34,40). The number of rotatable bonds is 8. The SMILES string of the molecule is CC(C)(C)OC(=O)c1ccc(NC(=O)Oc2cccc(C3CCN(Cc4cn(CC5CCCCN5)nn4)CC3)c2)cc1. The highest BCUT2D eigenvalue weighted by atomic mass is 16.6. The molecule has 2 fully saturated rings. The molecule has 5 rings (SSSR count). The van der Waals surface area contributed by atoms with Crippen LogP contribution in [0.2, 0.25) is 0 Å². The molecule has 0 bridgehead atoms. The van der Waals surface area contributed by atoms with Gasteiger partial charge in [-0.2, -0.15) is 0 Å². The Kier molecular flexibility index (Phi) is 9.54. The summed E-state index contributed by atoms with van der Waals surface area (Å²) in [5, 5.41) is 15.1. The van der Waals surface area contributed by atoms with Gasteiger partial charge in [-0.1, -0.05) is 23.8 Å². The lowest BCUT2D eigenvalue weighted by atomic mass is 9.89. The molecule has 0 spiro atoms. The van der Waals surface area contributed by atoms with Gasteiger partial charge >= 0.3 is 12.1 Å². The second-order valence-electron chi connectivity index (χ2n) is 12.3. The maximum Gasteiger partial charge on any atom is 0.417 e. The van der Waals surface area contributed by atoms with Crippen molar-refractivity contribution in [2.75, 3.05) is 25.0 Å². The van der Waals surface area contributed by atoms with Crippen molar-refractivity contribution in [3.63, 3.8) is 0 Å². The van der Waals surface area contributed by atoms with Gasteiger partial charge in [-0.05, 0) is 114 Å². The van der Waals surface area contributed by atoms with Crippen LogP contribution in [0, 0.1) is 0 Å². The summed E-state index contributed by atoms with van der Waals surface area (Å²) in [7, 11) is 0. The molecule has 1 aromatic heterocycles. The predicted molar refractivity (Wildman–Crippen MR) is 161 cm³/mol. The van der Waals surface area contributed by atoms with Crippen LogP contribution in [0.3, 0.4) is 0 Å². The van der Waals surface area contributed by atoms with E-state index in [2.05, 4.69) is 38.1 Å². The van der Waals surface area contributed by atoms with Crippen molar-refractivity contribution in [3.8, 4) is 5.75 Å². The molecule has 2 aromatic carbocycles. The number of anilines is 1. The Balaban J connectivity index is 1.07. The molecule has 3 aromatic rings. The molecule has 0 radical (unpaired) electrons. The van der Waals surface area contributed by atoms with E-state index >= 15 is 0 Å². The molecule has 1 unspecified atom stereocenters. The van der Waals surface area contributed by atoms with Gasteiger partial charge in [-0.15, -0.1) is 5.10 Å². The van der Waals surface area contributed by atoms with E-state index in [4.69, 9.17) is 9.47 Å². The van der Waals surface area contributed by atoms with Gasteiger partial charge in [0.15, 0.2) is 0 Å². The number of nitrogens with zero attached hydrogens (tertiary/aromatic N) is 4. The number of esters is 1. The molecular weight excluding hydrogens is 532 g/mol. The van der Waals surface area contributed by atoms with Crippen molar-refractivity contribution < 1.29 is 19.1 Å². The summed E-state index contributed by atoms with van der Waals surface area (Å²) in [6, 6.07) is 14.8. The van der Waals surface area contributed by atoms with Crippen LogP contribution in [-0.4, -0.2) is 63.2 Å². The molecule has 2 N–H and O–H groups in total. The second-order valence-corrected chi connectivity index (χ2v) is 12.3. The van der Waals surface area contributed by atoms with E-state index in [0.29, 0.717) is 29.0 Å². The average Bonchev–Trinajstić information content (AvgIpc) is 3.40. The first kappa shape index (κ1) is 29.7. The van der Waals surface area contributed by atoms with Crippen LogP contribution < -0.4 is 15.4 Å². The number of amides is 1. The lowest BCUT2D eigenvalue weighted by Gasteiger charge is -2.31. The second kappa shape index (κ2) is 13.5. The predicted octanol–water partition coefficient (Wildman–Crippen LogP) is 5.37. The fourth-order valence-corrected chi connectivity index (χ4v) is 5.57. The van der Waals surface area contributed by atoms with Crippen LogP contribution in [0.4, 0.5) is 10.5 Å². The highest BCUT2D eigenvalue weighted by molar-refractivity contribution is 5.91. The van der Waals surface area contributed by atoms with Crippen molar-refractivity contribution in [1.29, 1.82) is 0 Å². The first-order valence-electron chi connectivity index (χ1n) is 15.0.